The molecule has 0 bridgehead atoms. The Bertz CT molecular complexity index is 1020. The van der Waals surface area contributed by atoms with E-state index < -0.39 is 24.2 Å². The molecule has 2 aromatic heterocycles. The van der Waals surface area contributed by atoms with Crippen molar-refractivity contribution in [2.24, 2.45) is 0 Å². The predicted octanol–water partition coefficient (Wildman–Crippen LogP) is 2.00. The van der Waals surface area contributed by atoms with Gasteiger partial charge in [-0.05, 0) is 30.7 Å². The number of ether oxygens (including phenoxy) is 1. The van der Waals surface area contributed by atoms with Crippen LogP contribution in [-0.4, -0.2) is 43.2 Å². The van der Waals surface area contributed by atoms with Gasteiger partial charge in [-0.15, -0.1) is 0 Å². The molecule has 1 amide bonds. The van der Waals surface area contributed by atoms with Gasteiger partial charge in [-0.1, -0.05) is 11.6 Å². The summed E-state index contributed by atoms with van der Waals surface area (Å²) in [6.45, 7) is 1.20. The van der Waals surface area contributed by atoms with Gasteiger partial charge in [-0.25, -0.2) is 4.98 Å². The molecule has 134 valence electrons. The smallest absolute Gasteiger partial charge is 0.322 e. The van der Waals surface area contributed by atoms with Gasteiger partial charge in [-0.3, -0.25) is 9.59 Å². The minimum Gasteiger partial charge on any atom is -0.507 e. The first-order valence-corrected chi connectivity index (χ1v) is 7.74. The molecule has 0 spiro atoms. The van der Waals surface area contributed by atoms with Crippen molar-refractivity contribution in [2.75, 3.05) is 6.54 Å². The quantitative estimate of drug-likeness (QED) is 0.621. The summed E-state index contributed by atoms with van der Waals surface area (Å²) in [4.78, 5) is 26.7. The Labute approximate surface area is 151 Å². The fourth-order valence-electron chi connectivity index (χ4n) is 2.31. The Hall–Kier alpha value is -3.33. The lowest BCUT2D eigenvalue weighted by molar-refractivity contribution is -0.135. The van der Waals surface area contributed by atoms with Crippen LogP contribution in [0.2, 0.25) is 5.02 Å². The summed E-state index contributed by atoms with van der Waals surface area (Å²) in [5.74, 6) is -1.83. The Balaban J connectivity index is 2.01. The highest BCUT2D eigenvalue weighted by atomic mass is 35.5. The van der Waals surface area contributed by atoms with Gasteiger partial charge in [0, 0.05) is 11.1 Å². The molecule has 3 aromatic rings. The minimum absolute atomic E-state index is 0.0227. The van der Waals surface area contributed by atoms with E-state index in [0.29, 0.717) is 10.8 Å². The number of halogens is 1. The number of rotatable bonds is 5. The van der Waals surface area contributed by atoms with Crippen LogP contribution in [-0.2, 0) is 4.79 Å². The number of nitrogens with one attached hydrogen (secondary N) is 1. The Morgan fingerprint density at radius 2 is 2.12 bits per heavy atom. The number of carboxylic acids is 1. The molecule has 0 saturated heterocycles. The van der Waals surface area contributed by atoms with E-state index in [1.54, 1.807) is 25.1 Å². The molecule has 26 heavy (non-hydrogen) atoms. The lowest BCUT2D eigenvalue weighted by Gasteiger charge is -2.12. The number of aliphatic carboxylic acids is 1. The van der Waals surface area contributed by atoms with Crippen molar-refractivity contribution < 1.29 is 24.5 Å². The average Bonchev–Trinajstić information content (AvgIpc) is 3.04. The number of aromatic hydroxyl groups is 1. The first-order chi connectivity index (χ1) is 12.4. The summed E-state index contributed by atoms with van der Waals surface area (Å²) in [6, 6.07) is 6.22. The molecule has 10 heteroatoms. The number of amides is 1. The van der Waals surface area contributed by atoms with Gasteiger partial charge in [0.05, 0.1) is 0 Å². The van der Waals surface area contributed by atoms with Gasteiger partial charge < -0.3 is 20.3 Å². The highest BCUT2D eigenvalue weighted by molar-refractivity contribution is 6.30. The standard InChI is InChI=1S/C16H13ClN4O5/c1-8-4-9(17)2-3-11(8)26-12-5-10(22)14(15-19-7-20-21(12)15)16(25)18-6-13(23)24/h2-5,7,22H,6H2,1H3,(H,18,25)(H,23,24). The average molecular weight is 377 g/mol. The van der Waals surface area contributed by atoms with E-state index in [-0.39, 0.29) is 17.1 Å². The number of hydrogen-bond donors (Lipinski definition) is 3. The van der Waals surface area contributed by atoms with E-state index in [1.807, 2.05) is 0 Å². The lowest BCUT2D eigenvalue weighted by Crippen LogP contribution is -2.29. The number of aryl methyl sites for hydroxylation is 1. The number of aromatic nitrogens is 3. The van der Waals surface area contributed by atoms with Gasteiger partial charge in [-0.2, -0.15) is 9.61 Å². The van der Waals surface area contributed by atoms with E-state index >= 15 is 0 Å². The second-order valence-corrected chi connectivity index (χ2v) is 5.76. The number of nitrogens with zero attached hydrogens (tertiary/aromatic N) is 3. The van der Waals surface area contributed by atoms with Gasteiger partial charge in [0.2, 0.25) is 5.88 Å². The van der Waals surface area contributed by atoms with Gasteiger partial charge in [0.25, 0.3) is 5.91 Å². The monoisotopic (exact) mass is 376 g/mol. The van der Waals surface area contributed by atoms with Crippen molar-refractivity contribution in [3.8, 4) is 17.4 Å². The molecule has 9 nitrogen and oxygen atoms in total. The third-order valence-electron chi connectivity index (χ3n) is 3.48. The number of carbonyl (C=O) groups excluding carboxylic acids is 1. The second kappa shape index (κ2) is 6.89. The third kappa shape index (κ3) is 3.38. The van der Waals surface area contributed by atoms with Crippen LogP contribution in [0.15, 0.2) is 30.6 Å². The molecular weight excluding hydrogens is 364 g/mol. The maximum atomic E-state index is 12.2. The molecule has 0 radical (unpaired) electrons. The van der Waals surface area contributed by atoms with Crippen molar-refractivity contribution in [2.45, 2.75) is 6.92 Å². The molecule has 2 heterocycles. The van der Waals surface area contributed by atoms with Gasteiger partial charge in [0.15, 0.2) is 5.65 Å². The van der Waals surface area contributed by atoms with Crippen molar-refractivity contribution in [1.82, 2.24) is 19.9 Å². The zero-order valence-electron chi connectivity index (χ0n) is 13.4. The van der Waals surface area contributed by atoms with Crippen LogP contribution in [0.1, 0.15) is 15.9 Å². The normalized spacial score (nSPS) is 10.7. The third-order valence-corrected chi connectivity index (χ3v) is 3.71. The van der Waals surface area contributed by atoms with Crippen LogP contribution < -0.4 is 10.1 Å². The molecule has 0 aliphatic rings. The highest BCUT2D eigenvalue weighted by Gasteiger charge is 2.22. The molecule has 3 N–H and O–H groups in total. The first-order valence-electron chi connectivity index (χ1n) is 7.36. The number of pyridine rings is 1. The summed E-state index contributed by atoms with van der Waals surface area (Å²) >= 11 is 5.92. The van der Waals surface area contributed by atoms with E-state index in [2.05, 4.69) is 15.4 Å². The molecule has 0 atom stereocenters. The van der Waals surface area contributed by atoms with E-state index in [9.17, 15) is 14.7 Å². The maximum Gasteiger partial charge on any atom is 0.322 e. The second-order valence-electron chi connectivity index (χ2n) is 5.33. The fraction of sp³-hybridized carbons (Fsp3) is 0.125. The largest absolute Gasteiger partial charge is 0.507 e. The van der Waals surface area contributed by atoms with Gasteiger partial charge >= 0.3 is 5.97 Å². The van der Waals surface area contributed by atoms with E-state index in [0.717, 1.165) is 5.56 Å². The molecule has 3 rings (SSSR count). The number of fused-ring (bicyclic) bond motifs is 1. The van der Waals surface area contributed by atoms with Gasteiger partial charge in [0.1, 0.15) is 29.9 Å². The summed E-state index contributed by atoms with van der Waals surface area (Å²) < 4.78 is 6.99. The Morgan fingerprint density at radius 3 is 2.81 bits per heavy atom. The van der Waals surface area contributed by atoms with Crippen LogP contribution in [0.25, 0.3) is 5.65 Å². The van der Waals surface area contributed by atoms with Crippen LogP contribution in [0, 0.1) is 6.92 Å². The zero-order valence-corrected chi connectivity index (χ0v) is 14.2. The fourth-order valence-corrected chi connectivity index (χ4v) is 2.54. The summed E-state index contributed by atoms with van der Waals surface area (Å²) in [5.41, 5.74) is 0.576. The molecular formula is C16H13ClN4O5. The van der Waals surface area contributed by atoms with Crippen LogP contribution in [0.4, 0.5) is 0 Å². The number of carboxylic acid groups (broad SMARTS) is 1. The molecule has 1 aromatic carbocycles. The van der Waals surface area contributed by atoms with E-state index in [1.165, 1.54) is 16.9 Å². The number of hydrogen-bond acceptors (Lipinski definition) is 6. The van der Waals surface area contributed by atoms with Crippen molar-refractivity contribution in [1.29, 1.82) is 0 Å². The summed E-state index contributed by atoms with van der Waals surface area (Å²) in [6.07, 6.45) is 1.18. The zero-order chi connectivity index (χ0) is 18.8. The summed E-state index contributed by atoms with van der Waals surface area (Å²) in [7, 11) is 0. The van der Waals surface area contributed by atoms with Crippen molar-refractivity contribution in [3.63, 3.8) is 0 Å². The predicted molar refractivity (Wildman–Crippen MR) is 90.9 cm³/mol. The van der Waals surface area contributed by atoms with Crippen molar-refractivity contribution >= 4 is 29.1 Å². The minimum atomic E-state index is -1.21. The van der Waals surface area contributed by atoms with Crippen LogP contribution in [0.3, 0.4) is 0 Å². The lowest BCUT2D eigenvalue weighted by atomic mass is 10.2. The Kier molecular flexibility index (Phi) is 4.63. The van der Waals surface area contributed by atoms with Crippen molar-refractivity contribution in [3.05, 3.63) is 46.7 Å². The van der Waals surface area contributed by atoms with Crippen LogP contribution >= 0.6 is 11.6 Å². The number of benzene rings is 1. The maximum absolute atomic E-state index is 12.2. The molecule has 0 aliphatic heterocycles. The topological polar surface area (TPSA) is 126 Å². The molecule has 0 fully saturated rings. The molecule has 0 aliphatic carbocycles. The SMILES string of the molecule is Cc1cc(Cl)ccc1Oc1cc(O)c(C(=O)NCC(=O)O)c2ncnn12. The first kappa shape index (κ1) is 17.5. The molecule has 0 unspecified atom stereocenters. The Morgan fingerprint density at radius 1 is 1.35 bits per heavy atom. The summed E-state index contributed by atoms with van der Waals surface area (Å²) in [5, 5.41) is 25.6. The molecule has 0 saturated carbocycles. The van der Waals surface area contributed by atoms with Crippen LogP contribution in [0.5, 0.6) is 17.4 Å². The van der Waals surface area contributed by atoms with E-state index in [4.69, 9.17) is 21.4 Å². The highest BCUT2D eigenvalue weighted by Crippen LogP contribution is 2.32. The number of carbonyl (C=O) groups is 2.